The summed E-state index contributed by atoms with van der Waals surface area (Å²) >= 11 is 6.05. The fraction of sp³-hybridized carbons (Fsp3) is 0.308. The second-order valence-corrected chi connectivity index (χ2v) is 9.07. The molecule has 0 radical (unpaired) electrons. The molecule has 0 aliphatic carbocycles. The van der Waals surface area contributed by atoms with Crippen LogP contribution in [0.4, 0.5) is 5.69 Å². The zero-order valence-electron chi connectivity index (χ0n) is 19.3. The highest BCUT2D eigenvalue weighted by Crippen LogP contribution is 2.28. The number of nitrogens with zero attached hydrogens (tertiary/aromatic N) is 1. The third-order valence-electron chi connectivity index (χ3n) is 6.15. The van der Waals surface area contributed by atoms with E-state index in [1.807, 2.05) is 18.2 Å². The number of nitrogens with one attached hydrogen (secondary N) is 3. The Morgan fingerprint density at radius 1 is 1.21 bits per heavy atom. The summed E-state index contributed by atoms with van der Waals surface area (Å²) in [5, 5.41) is 21.8. The molecule has 0 aromatic heterocycles. The molecule has 7 nitrogen and oxygen atoms in total. The minimum Gasteiger partial charge on any atom is -0.507 e. The van der Waals surface area contributed by atoms with Crippen LogP contribution in [0.3, 0.4) is 0 Å². The fourth-order valence-electron chi connectivity index (χ4n) is 4.28. The number of piperazine rings is 1. The first kappa shape index (κ1) is 23.9. The molecule has 4 N–H and O–H groups in total. The number of halogens is 1. The van der Waals surface area contributed by atoms with Crippen molar-refractivity contribution in [1.29, 1.82) is 0 Å². The SMILES string of the molecule is Cc1cc(Cl)cc(CNC(=O)[C@H](C)NC(=O)[C@H]2CN(c3cccc4ccccc34)CCN2)c1O. The first-order valence-electron chi connectivity index (χ1n) is 11.4. The normalized spacial score (nSPS) is 16.8. The van der Waals surface area contributed by atoms with Gasteiger partial charge in [-0.25, -0.2) is 0 Å². The van der Waals surface area contributed by atoms with Crippen molar-refractivity contribution in [2.45, 2.75) is 32.5 Å². The van der Waals surface area contributed by atoms with Crippen molar-refractivity contribution < 1.29 is 14.7 Å². The van der Waals surface area contributed by atoms with E-state index in [-0.39, 0.29) is 24.1 Å². The summed E-state index contributed by atoms with van der Waals surface area (Å²) < 4.78 is 0. The predicted octanol–water partition coefficient (Wildman–Crippen LogP) is 3.11. The quantitative estimate of drug-likeness (QED) is 0.435. The third kappa shape index (κ3) is 5.26. The fourth-order valence-corrected chi connectivity index (χ4v) is 4.58. The predicted molar refractivity (Wildman–Crippen MR) is 135 cm³/mol. The van der Waals surface area contributed by atoms with E-state index >= 15 is 0 Å². The van der Waals surface area contributed by atoms with E-state index in [0.717, 1.165) is 23.0 Å². The molecule has 1 aliphatic heterocycles. The molecule has 34 heavy (non-hydrogen) atoms. The van der Waals surface area contributed by atoms with E-state index in [1.54, 1.807) is 26.0 Å². The van der Waals surface area contributed by atoms with Gasteiger partial charge in [-0.3, -0.25) is 9.59 Å². The summed E-state index contributed by atoms with van der Waals surface area (Å²) in [6.07, 6.45) is 0. The number of anilines is 1. The van der Waals surface area contributed by atoms with Crippen molar-refractivity contribution in [2.75, 3.05) is 24.5 Å². The highest BCUT2D eigenvalue weighted by Gasteiger charge is 2.28. The average Bonchev–Trinajstić information content (AvgIpc) is 2.84. The van der Waals surface area contributed by atoms with Gasteiger partial charge in [-0.15, -0.1) is 0 Å². The van der Waals surface area contributed by atoms with E-state index in [9.17, 15) is 14.7 Å². The van der Waals surface area contributed by atoms with Crippen LogP contribution in [0.1, 0.15) is 18.1 Å². The van der Waals surface area contributed by atoms with Crippen molar-refractivity contribution in [3.8, 4) is 5.75 Å². The highest BCUT2D eigenvalue weighted by molar-refractivity contribution is 6.30. The largest absolute Gasteiger partial charge is 0.507 e. The van der Waals surface area contributed by atoms with Gasteiger partial charge >= 0.3 is 0 Å². The second kappa shape index (κ2) is 10.3. The molecule has 1 fully saturated rings. The standard InChI is InChI=1S/C26H29ClN4O3/c1-16-12-20(27)13-19(24(16)32)14-29-25(33)17(2)30-26(34)22-15-31(11-10-28-22)23-9-5-7-18-6-3-4-8-21(18)23/h3-9,12-13,17,22,28,32H,10-11,14-15H2,1-2H3,(H,29,33)(H,30,34)/t17-,22+/m0/s1. The Morgan fingerprint density at radius 3 is 2.79 bits per heavy atom. The maximum absolute atomic E-state index is 12.9. The van der Waals surface area contributed by atoms with Crippen LogP contribution in [0.25, 0.3) is 10.8 Å². The first-order chi connectivity index (χ1) is 16.3. The lowest BCUT2D eigenvalue weighted by atomic mass is 10.1. The van der Waals surface area contributed by atoms with E-state index in [0.29, 0.717) is 29.2 Å². The van der Waals surface area contributed by atoms with E-state index < -0.39 is 12.1 Å². The van der Waals surface area contributed by atoms with Crippen molar-refractivity contribution in [3.63, 3.8) is 0 Å². The van der Waals surface area contributed by atoms with Crippen LogP contribution in [0.5, 0.6) is 5.75 Å². The number of aromatic hydroxyl groups is 1. The Hall–Kier alpha value is -3.29. The van der Waals surface area contributed by atoms with Crippen LogP contribution in [0, 0.1) is 6.92 Å². The number of hydrogen-bond acceptors (Lipinski definition) is 5. The van der Waals surface area contributed by atoms with Crippen molar-refractivity contribution in [3.05, 3.63) is 70.7 Å². The Kier molecular flexibility index (Phi) is 7.24. The minimum atomic E-state index is -0.732. The van der Waals surface area contributed by atoms with Crippen LogP contribution in [-0.4, -0.2) is 48.6 Å². The lowest BCUT2D eigenvalue weighted by Crippen LogP contribution is -2.59. The Labute approximate surface area is 204 Å². The van der Waals surface area contributed by atoms with Crippen LogP contribution < -0.4 is 20.9 Å². The Bertz CT molecular complexity index is 1210. The molecule has 1 heterocycles. The van der Waals surface area contributed by atoms with Crippen LogP contribution in [0.2, 0.25) is 5.02 Å². The zero-order chi connectivity index (χ0) is 24.2. The van der Waals surface area contributed by atoms with Gasteiger partial charge in [0.1, 0.15) is 17.8 Å². The van der Waals surface area contributed by atoms with Crippen LogP contribution in [0.15, 0.2) is 54.6 Å². The highest BCUT2D eigenvalue weighted by atomic mass is 35.5. The van der Waals surface area contributed by atoms with Crippen molar-refractivity contribution >= 4 is 39.9 Å². The first-order valence-corrected chi connectivity index (χ1v) is 11.7. The summed E-state index contributed by atoms with van der Waals surface area (Å²) in [6.45, 7) is 5.45. The van der Waals surface area contributed by atoms with E-state index in [4.69, 9.17) is 11.6 Å². The molecule has 178 valence electrons. The molecule has 1 aliphatic rings. The molecule has 2 atom stereocenters. The van der Waals surface area contributed by atoms with Crippen molar-refractivity contribution in [2.24, 2.45) is 0 Å². The summed E-state index contributed by atoms with van der Waals surface area (Å²) in [5.74, 6) is -0.470. The molecule has 2 amide bonds. The summed E-state index contributed by atoms with van der Waals surface area (Å²) in [7, 11) is 0. The van der Waals surface area contributed by atoms with Crippen LogP contribution >= 0.6 is 11.6 Å². The molecule has 0 saturated carbocycles. The molecule has 0 bridgehead atoms. The van der Waals surface area contributed by atoms with E-state index in [2.05, 4.69) is 45.1 Å². The van der Waals surface area contributed by atoms with Crippen molar-refractivity contribution in [1.82, 2.24) is 16.0 Å². The van der Waals surface area contributed by atoms with Gasteiger partial charge in [0.2, 0.25) is 11.8 Å². The van der Waals surface area contributed by atoms with Gasteiger partial charge in [0, 0.05) is 47.8 Å². The Morgan fingerprint density at radius 2 is 1.97 bits per heavy atom. The smallest absolute Gasteiger partial charge is 0.242 e. The van der Waals surface area contributed by atoms with Crippen LogP contribution in [-0.2, 0) is 16.1 Å². The lowest BCUT2D eigenvalue weighted by Gasteiger charge is -2.35. The minimum absolute atomic E-state index is 0.0984. The number of carbonyl (C=O) groups excluding carboxylic acids is 2. The number of phenolic OH excluding ortho intramolecular Hbond substituents is 1. The lowest BCUT2D eigenvalue weighted by molar-refractivity contribution is -0.129. The molecule has 0 unspecified atom stereocenters. The summed E-state index contributed by atoms with van der Waals surface area (Å²) in [4.78, 5) is 27.7. The van der Waals surface area contributed by atoms with Gasteiger partial charge in [0.15, 0.2) is 0 Å². The number of hydrogen-bond donors (Lipinski definition) is 4. The zero-order valence-corrected chi connectivity index (χ0v) is 20.0. The number of phenols is 1. The molecular weight excluding hydrogens is 452 g/mol. The number of carbonyl (C=O) groups is 2. The van der Waals surface area contributed by atoms with Gasteiger partial charge in [0.05, 0.1) is 0 Å². The molecule has 8 heteroatoms. The summed E-state index contributed by atoms with van der Waals surface area (Å²) in [6, 6.07) is 16.5. The maximum Gasteiger partial charge on any atom is 0.242 e. The van der Waals surface area contributed by atoms with Gasteiger partial charge in [0.25, 0.3) is 0 Å². The molecular formula is C26H29ClN4O3. The topological polar surface area (TPSA) is 93.7 Å². The number of amides is 2. The molecule has 0 spiro atoms. The van der Waals surface area contributed by atoms with Gasteiger partial charge in [-0.1, -0.05) is 48.0 Å². The Balaban J connectivity index is 1.36. The van der Waals surface area contributed by atoms with Gasteiger partial charge in [-0.05, 0) is 43.0 Å². The number of fused-ring (bicyclic) bond motifs is 1. The molecule has 4 rings (SSSR count). The maximum atomic E-state index is 12.9. The second-order valence-electron chi connectivity index (χ2n) is 8.63. The number of rotatable bonds is 6. The molecule has 1 saturated heterocycles. The number of aryl methyl sites for hydroxylation is 1. The third-order valence-corrected chi connectivity index (χ3v) is 6.37. The van der Waals surface area contributed by atoms with E-state index in [1.165, 1.54) is 0 Å². The summed E-state index contributed by atoms with van der Waals surface area (Å²) in [5.41, 5.74) is 2.26. The molecule has 3 aromatic carbocycles. The average molecular weight is 481 g/mol. The van der Waals surface area contributed by atoms with Gasteiger partial charge < -0.3 is 26.0 Å². The van der Waals surface area contributed by atoms with Gasteiger partial charge in [-0.2, -0.15) is 0 Å². The number of benzene rings is 3. The monoisotopic (exact) mass is 480 g/mol. The molecule has 3 aromatic rings.